The average molecular weight is 450 g/mol. The van der Waals surface area contributed by atoms with E-state index >= 15 is 0 Å². The number of ether oxygens (including phenoxy) is 2. The highest BCUT2D eigenvalue weighted by atomic mass is 32.1. The van der Waals surface area contributed by atoms with E-state index in [0.717, 1.165) is 36.1 Å². The van der Waals surface area contributed by atoms with E-state index in [1.54, 1.807) is 38.1 Å². The summed E-state index contributed by atoms with van der Waals surface area (Å²) in [5.41, 5.74) is 1.89. The molecular formula is C24H23N3O4S. The summed E-state index contributed by atoms with van der Waals surface area (Å²) in [6, 6.07) is 10.6. The molecule has 0 radical (unpaired) electrons. The van der Waals surface area contributed by atoms with Crippen molar-refractivity contribution in [1.82, 2.24) is 0 Å². The van der Waals surface area contributed by atoms with Crippen LogP contribution in [0.2, 0.25) is 0 Å². The third kappa shape index (κ3) is 5.35. The highest BCUT2D eigenvalue weighted by Crippen LogP contribution is 2.38. The number of hydrogen-bond acceptors (Lipinski definition) is 7. The minimum Gasteiger partial charge on any atom is -0.476 e. The predicted molar refractivity (Wildman–Crippen MR) is 121 cm³/mol. The molecule has 2 aromatic rings. The Morgan fingerprint density at radius 1 is 1.22 bits per heavy atom. The Balaban J connectivity index is 1.82. The van der Waals surface area contributed by atoms with Crippen LogP contribution in [0.1, 0.15) is 53.1 Å². The number of hydrogen-bond donors (Lipinski definition) is 1. The Bertz CT molecular complexity index is 1120. The van der Waals surface area contributed by atoms with Crippen LogP contribution < -0.4 is 10.1 Å². The lowest BCUT2D eigenvalue weighted by Crippen LogP contribution is -2.16. The van der Waals surface area contributed by atoms with E-state index in [1.807, 2.05) is 12.1 Å². The van der Waals surface area contributed by atoms with Crippen molar-refractivity contribution in [3.63, 3.8) is 0 Å². The van der Waals surface area contributed by atoms with Gasteiger partial charge in [0, 0.05) is 4.88 Å². The van der Waals surface area contributed by atoms with Crippen LogP contribution in [0.15, 0.2) is 29.8 Å². The second-order valence-electron chi connectivity index (χ2n) is 7.22. The summed E-state index contributed by atoms with van der Waals surface area (Å²) < 4.78 is 10.6. The predicted octanol–water partition coefficient (Wildman–Crippen LogP) is 4.64. The van der Waals surface area contributed by atoms with Crippen LogP contribution in [-0.2, 0) is 22.4 Å². The molecule has 32 heavy (non-hydrogen) atoms. The Morgan fingerprint density at radius 3 is 2.59 bits per heavy atom. The molecule has 1 N–H and O–H groups in total. The molecule has 0 aliphatic heterocycles. The van der Waals surface area contributed by atoms with Crippen LogP contribution in [0.3, 0.4) is 0 Å². The number of thiophene rings is 1. The molecular weight excluding hydrogens is 426 g/mol. The number of rotatable bonds is 7. The minimum absolute atomic E-state index is 0.0924. The molecule has 3 rings (SSSR count). The van der Waals surface area contributed by atoms with E-state index in [0.29, 0.717) is 21.9 Å². The van der Waals surface area contributed by atoms with Crippen molar-refractivity contribution in [2.45, 2.75) is 45.6 Å². The maximum Gasteiger partial charge on any atom is 0.341 e. The van der Waals surface area contributed by atoms with Gasteiger partial charge in [-0.05, 0) is 68.9 Å². The number of anilines is 1. The van der Waals surface area contributed by atoms with E-state index < -0.39 is 18.0 Å². The second kappa shape index (κ2) is 10.6. The van der Waals surface area contributed by atoms with Gasteiger partial charge in [0.2, 0.25) is 0 Å². The van der Waals surface area contributed by atoms with Crippen molar-refractivity contribution in [2.24, 2.45) is 0 Å². The van der Waals surface area contributed by atoms with Gasteiger partial charge in [-0.3, -0.25) is 4.79 Å². The highest BCUT2D eigenvalue weighted by molar-refractivity contribution is 7.17. The second-order valence-corrected chi connectivity index (χ2v) is 8.32. The van der Waals surface area contributed by atoms with Crippen LogP contribution in [0.5, 0.6) is 5.75 Å². The number of benzene rings is 1. The van der Waals surface area contributed by atoms with E-state index in [-0.39, 0.29) is 12.2 Å². The molecule has 164 valence electrons. The number of amides is 1. The minimum atomic E-state index is -0.588. The van der Waals surface area contributed by atoms with Gasteiger partial charge in [-0.1, -0.05) is 12.1 Å². The lowest BCUT2D eigenvalue weighted by Gasteiger charge is -2.12. The third-order valence-electron chi connectivity index (χ3n) is 4.93. The Morgan fingerprint density at radius 2 is 1.94 bits per heavy atom. The number of nitriles is 2. The third-order valence-corrected chi connectivity index (χ3v) is 6.14. The molecule has 1 amide bonds. The average Bonchev–Trinajstić information content (AvgIpc) is 3.16. The number of nitrogens with one attached hydrogen (secondary N) is 1. The van der Waals surface area contributed by atoms with Crippen LogP contribution in [0, 0.1) is 22.7 Å². The summed E-state index contributed by atoms with van der Waals surface area (Å²) in [4.78, 5) is 26.5. The molecule has 0 fully saturated rings. The van der Waals surface area contributed by atoms with Crippen LogP contribution in [0.4, 0.5) is 5.00 Å². The topological polar surface area (TPSA) is 112 Å². The van der Waals surface area contributed by atoms with Gasteiger partial charge < -0.3 is 14.8 Å². The van der Waals surface area contributed by atoms with Crippen molar-refractivity contribution < 1.29 is 19.1 Å². The van der Waals surface area contributed by atoms with Gasteiger partial charge in [0.05, 0.1) is 12.2 Å². The van der Waals surface area contributed by atoms with Crippen molar-refractivity contribution in [3.8, 4) is 17.9 Å². The van der Waals surface area contributed by atoms with Gasteiger partial charge in [0.25, 0.3) is 5.91 Å². The smallest absolute Gasteiger partial charge is 0.341 e. The first kappa shape index (κ1) is 23.1. The molecule has 1 heterocycles. The number of esters is 1. The van der Waals surface area contributed by atoms with Gasteiger partial charge in [-0.15, -0.1) is 11.3 Å². The van der Waals surface area contributed by atoms with Gasteiger partial charge in [0.15, 0.2) is 6.10 Å². The van der Waals surface area contributed by atoms with Gasteiger partial charge in [-0.25, -0.2) is 4.79 Å². The zero-order valence-corrected chi connectivity index (χ0v) is 18.8. The maximum atomic E-state index is 12.8. The quantitative estimate of drug-likeness (QED) is 0.374. The first-order valence-corrected chi connectivity index (χ1v) is 11.2. The number of nitrogens with zero attached hydrogens (tertiary/aromatic N) is 2. The van der Waals surface area contributed by atoms with E-state index in [4.69, 9.17) is 14.7 Å². The summed E-state index contributed by atoms with van der Waals surface area (Å²) in [5.74, 6) is -0.524. The van der Waals surface area contributed by atoms with Gasteiger partial charge >= 0.3 is 5.97 Å². The first-order valence-electron chi connectivity index (χ1n) is 10.4. The summed E-state index contributed by atoms with van der Waals surface area (Å²) >= 11 is 1.38. The maximum absolute atomic E-state index is 12.8. The van der Waals surface area contributed by atoms with Crippen molar-refractivity contribution >= 4 is 34.3 Å². The molecule has 0 saturated heterocycles. The summed E-state index contributed by atoms with van der Waals surface area (Å²) in [5, 5.41) is 21.5. The largest absolute Gasteiger partial charge is 0.476 e. The number of carbonyl (C=O) groups excluding carboxylic acids is 2. The number of fused-ring (bicyclic) bond motifs is 1. The SMILES string of the molecule is CCOC(=O)c1c(NC(=O)/C(C#N)=C\c2ccc(OC(C)C#N)cc2)sc2c1CCCC2. The zero-order chi connectivity index (χ0) is 23.1. The molecule has 1 aromatic carbocycles. The van der Waals surface area contributed by atoms with Gasteiger partial charge in [-0.2, -0.15) is 10.5 Å². The van der Waals surface area contributed by atoms with E-state index in [2.05, 4.69) is 5.32 Å². The van der Waals surface area contributed by atoms with Crippen LogP contribution in [0.25, 0.3) is 6.08 Å². The molecule has 1 unspecified atom stereocenters. The first-order chi connectivity index (χ1) is 15.5. The normalized spacial score (nSPS) is 13.8. The molecule has 8 heteroatoms. The number of aryl methyl sites for hydroxylation is 1. The molecule has 1 aliphatic carbocycles. The Hall–Kier alpha value is -3.62. The molecule has 0 bridgehead atoms. The summed E-state index contributed by atoms with van der Waals surface area (Å²) in [6.45, 7) is 3.62. The fraction of sp³-hybridized carbons (Fsp3) is 0.333. The Labute approximate surface area is 190 Å². The fourth-order valence-electron chi connectivity index (χ4n) is 3.43. The lowest BCUT2D eigenvalue weighted by molar-refractivity contribution is -0.112. The van der Waals surface area contributed by atoms with Gasteiger partial charge in [0.1, 0.15) is 28.5 Å². The fourth-order valence-corrected chi connectivity index (χ4v) is 4.70. The van der Waals surface area contributed by atoms with E-state index in [1.165, 1.54) is 17.4 Å². The molecule has 0 saturated carbocycles. The Kier molecular flexibility index (Phi) is 7.64. The van der Waals surface area contributed by atoms with Crippen molar-refractivity contribution in [1.29, 1.82) is 10.5 Å². The molecule has 0 spiro atoms. The van der Waals surface area contributed by atoms with Crippen molar-refractivity contribution in [3.05, 3.63) is 51.4 Å². The summed E-state index contributed by atoms with van der Waals surface area (Å²) in [6.07, 6.45) is 4.54. The lowest BCUT2D eigenvalue weighted by atomic mass is 9.95. The zero-order valence-electron chi connectivity index (χ0n) is 17.9. The van der Waals surface area contributed by atoms with Crippen LogP contribution >= 0.6 is 11.3 Å². The molecule has 1 atom stereocenters. The number of carbonyl (C=O) groups is 2. The van der Waals surface area contributed by atoms with Crippen LogP contribution in [-0.4, -0.2) is 24.6 Å². The standard InChI is InChI=1S/C24H23N3O4S/c1-3-30-24(29)21-19-6-4-5-7-20(19)32-23(21)27-22(28)17(14-26)12-16-8-10-18(11-9-16)31-15(2)13-25/h8-12,15H,3-7H2,1-2H3,(H,27,28)/b17-12-. The molecule has 1 aliphatic rings. The van der Waals surface area contributed by atoms with Crippen molar-refractivity contribution in [2.75, 3.05) is 11.9 Å². The monoisotopic (exact) mass is 449 g/mol. The molecule has 7 nitrogen and oxygen atoms in total. The molecule has 1 aromatic heterocycles. The summed E-state index contributed by atoms with van der Waals surface area (Å²) in [7, 11) is 0. The highest BCUT2D eigenvalue weighted by Gasteiger charge is 2.27. The van der Waals surface area contributed by atoms with E-state index in [9.17, 15) is 14.9 Å².